The lowest BCUT2D eigenvalue weighted by Gasteiger charge is -2.08. The minimum atomic E-state index is -0.390. The number of carbonyl (C=O) groups excluding carboxylic acids is 2. The van der Waals surface area contributed by atoms with Crippen LogP contribution in [0.15, 0.2) is 54.2 Å². The summed E-state index contributed by atoms with van der Waals surface area (Å²) in [6, 6.07) is 14.4. The highest BCUT2D eigenvalue weighted by Crippen LogP contribution is 2.20. The smallest absolute Gasteiger partial charge is 0.328 e. The minimum Gasteiger partial charge on any atom is -0.489 e. The SMILES string of the molecule is CCN1C(=O)N/C(=C/c2ccc(OCc3ccccc3Cl)cc2)C1=O. The lowest BCUT2D eigenvalue weighted by molar-refractivity contribution is -0.122. The van der Waals surface area contributed by atoms with Crippen molar-refractivity contribution in [2.24, 2.45) is 0 Å². The fourth-order valence-electron chi connectivity index (χ4n) is 2.46. The maximum Gasteiger partial charge on any atom is 0.328 e. The van der Waals surface area contributed by atoms with E-state index in [-0.39, 0.29) is 11.6 Å². The van der Waals surface area contributed by atoms with E-state index < -0.39 is 6.03 Å². The van der Waals surface area contributed by atoms with Crippen LogP contribution in [-0.2, 0) is 11.4 Å². The van der Waals surface area contributed by atoms with Gasteiger partial charge in [-0.2, -0.15) is 0 Å². The van der Waals surface area contributed by atoms with E-state index in [1.165, 1.54) is 0 Å². The lowest BCUT2D eigenvalue weighted by Crippen LogP contribution is -2.30. The molecule has 0 saturated carbocycles. The van der Waals surface area contributed by atoms with Gasteiger partial charge in [-0.1, -0.05) is 41.9 Å². The fourth-order valence-corrected chi connectivity index (χ4v) is 2.65. The molecule has 128 valence electrons. The number of hydrogen-bond donors (Lipinski definition) is 1. The van der Waals surface area contributed by atoms with Crippen LogP contribution in [0.25, 0.3) is 6.08 Å². The summed E-state index contributed by atoms with van der Waals surface area (Å²) < 4.78 is 5.72. The zero-order chi connectivity index (χ0) is 17.8. The monoisotopic (exact) mass is 356 g/mol. The first-order valence-corrected chi connectivity index (χ1v) is 8.27. The van der Waals surface area contributed by atoms with E-state index in [1.54, 1.807) is 13.0 Å². The molecule has 5 nitrogen and oxygen atoms in total. The molecular weight excluding hydrogens is 340 g/mol. The summed E-state index contributed by atoms with van der Waals surface area (Å²) in [6.07, 6.45) is 1.65. The van der Waals surface area contributed by atoms with Crippen molar-refractivity contribution in [2.45, 2.75) is 13.5 Å². The largest absolute Gasteiger partial charge is 0.489 e. The van der Waals surface area contributed by atoms with Gasteiger partial charge in [0.15, 0.2) is 0 Å². The molecule has 1 aliphatic heterocycles. The molecular formula is C19H17ClN2O3. The molecule has 0 spiro atoms. The Labute approximate surface area is 150 Å². The van der Waals surface area contributed by atoms with E-state index >= 15 is 0 Å². The molecule has 1 heterocycles. The zero-order valence-corrected chi connectivity index (χ0v) is 14.4. The second kappa shape index (κ2) is 7.40. The van der Waals surface area contributed by atoms with Gasteiger partial charge in [0.2, 0.25) is 0 Å². The number of halogens is 1. The Morgan fingerprint density at radius 1 is 1.12 bits per heavy atom. The summed E-state index contributed by atoms with van der Waals surface area (Å²) in [5.74, 6) is 0.380. The van der Waals surface area contributed by atoms with E-state index in [1.807, 2.05) is 48.5 Å². The van der Waals surface area contributed by atoms with Crippen molar-refractivity contribution in [2.75, 3.05) is 6.54 Å². The van der Waals surface area contributed by atoms with E-state index in [0.717, 1.165) is 16.0 Å². The lowest BCUT2D eigenvalue weighted by atomic mass is 10.2. The third-order valence-corrected chi connectivity index (χ3v) is 4.19. The number of hydrogen-bond acceptors (Lipinski definition) is 3. The van der Waals surface area contributed by atoms with Gasteiger partial charge < -0.3 is 10.1 Å². The molecule has 0 radical (unpaired) electrons. The standard InChI is InChI=1S/C19H17ClN2O3/c1-2-22-18(23)17(21-19(22)24)11-13-7-9-15(10-8-13)25-12-14-5-3-4-6-16(14)20/h3-11H,2,12H2,1H3,(H,21,24)/b17-11+. The molecule has 6 heteroatoms. The van der Waals surface area contributed by atoms with Crippen LogP contribution in [0.5, 0.6) is 5.75 Å². The number of likely N-dealkylation sites (N-methyl/N-ethyl adjacent to an activating group) is 1. The fraction of sp³-hybridized carbons (Fsp3) is 0.158. The topological polar surface area (TPSA) is 58.6 Å². The number of ether oxygens (including phenoxy) is 1. The van der Waals surface area contributed by atoms with Crippen LogP contribution >= 0.6 is 11.6 Å². The third kappa shape index (κ3) is 3.83. The molecule has 2 aromatic carbocycles. The Balaban J connectivity index is 1.67. The molecule has 0 aromatic heterocycles. The molecule has 25 heavy (non-hydrogen) atoms. The summed E-state index contributed by atoms with van der Waals surface area (Å²) in [5.41, 5.74) is 1.98. The van der Waals surface area contributed by atoms with Crippen molar-refractivity contribution >= 4 is 29.6 Å². The van der Waals surface area contributed by atoms with Crippen molar-refractivity contribution in [3.8, 4) is 5.75 Å². The zero-order valence-electron chi connectivity index (χ0n) is 13.7. The van der Waals surface area contributed by atoms with Crippen molar-refractivity contribution in [1.82, 2.24) is 10.2 Å². The van der Waals surface area contributed by atoms with Crippen LogP contribution in [0.2, 0.25) is 5.02 Å². The predicted molar refractivity (Wildman–Crippen MR) is 96.1 cm³/mol. The Hall–Kier alpha value is -2.79. The van der Waals surface area contributed by atoms with E-state index in [4.69, 9.17) is 16.3 Å². The second-order valence-corrected chi connectivity index (χ2v) is 5.89. The molecule has 0 unspecified atom stereocenters. The van der Waals surface area contributed by atoms with Crippen molar-refractivity contribution in [1.29, 1.82) is 0 Å². The minimum absolute atomic E-state index is 0.275. The molecule has 1 aliphatic rings. The Morgan fingerprint density at radius 3 is 2.48 bits per heavy atom. The predicted octanol–water partition coefficient (Wildman–Crippen LogP) is 3.83. The molecule has 1 saturated heterocycles. The first kappa shape index (κ1) is 17.0. The summed E-state index contributed by atoms with van der Waals surface area (Å²) >= 11 is 6.10. The van der Waals surface area contributed by atoms with Gasteiger partial charge in [-0.15, -0.1) is 0 Å². The van der Waals surface area contributed by atoms with E-state index in [2.05, 4.69) is 5.32 Å². The van der Waals surface area contributed by atoms with Crippen LogP contribution in [0.3, 0.4) is 0 Å². The molecule has 3 amide bonds. The number of rotatable bonds is 5. The van der Waals surface area contributed by atoms with Gasteiger partial charge in [0.1, 0.15) is 18.1 Å². The van der Waals surface area contributed by atoms with Gasteiger partial charge in [0, 0.05) is 17.1 Å². The highest BCUT2D eigenvalue weighted by Gasteiger charge is 2.31. The summed E-state index contributed by atoms with van der Waals surface area (Å²) in [6.45, 7) is 2.47. The molecule has 1 fully saturated rings. The quantitative estimate of drug-likeness (QED) is 0.654. The normalized spacial score (nSPS) is 15.6. The molecule has 0 bridgehead atoms. The van der Waals surface area contributed by atoms with E-state index in [9.17, 15) is 9.59 Å². The van der Waals surface area contributed by atoms with Gasteiger partial charge in [-0.3, -0.25) is 9.69 Å². The number of nitrogens with zero attached hydrogens (tertiary/aromatic N) is 1. The molecule has 0 aliphatic carbocycles. The Kier molecular flexibility index (Phi) is 5.05. The summed E-state index contributed by atoms with van der Waals surface area (Å²) in [4.78, 5) is 24.8. The molecule has 0 atom stereocenters. The number of urea groups is 1. The number of amides is 3. The van der Waals surface area contributed by atoms with Crippen LogP contribution < -0.4 is 10.1 Å². The summed E-state index contributed by atoms with van der Waals surface area (Å²) in [5, 5.41) is 3.24. The average molecular weight is 357 g/mol. The highest BCUT2D eigenvalue weighted by atomic mass is 35.5. The maximum atomic E-state index is 12.0. The third-order valence-electron chi connectivity index (χ3n) is 3.82. The van der Waals surface area contributed by atoms with Gasteiger partial charge in [-0.05, 0) is 36.8 Å². The molecule has 2 aromatic rings. The molecule has 3 rings (SSSR count). The van der Waals surface area contributed by atoms with Crippen LogP contribution in [0.1, 0.15) is 18.1 Å². The van der Waals surface area contributed by atoms with Crippen LogP contribution in [-0.4, -0.2) is 23.4 Å². The number of benzene rings is 2. The Bertz CT molecular complexity index is 831. The van der Waals surface area contributed by atoms with Crippen LogP contribution in [0, 0.1) is 0 Å². The number of nitrogens with one attached hydrogen (secondary N) is 1. The second-order valence-electron chi connectivity index (χ2n) is 5.49. The number of carbonyl (C=O) groups is 2. The Morgan fingerprint density at radius 2 is 1.84 bits per heavy atom. The average Bonchev–Trinajstić information content (AvgIpc) is 2.88. The summed E-state index contributed by atoms with van der Waals surface area (Å²) in [7, 11) is 0. The highest BCUT2D eigenvalue weighted by molar-refractivity contribution is 6.31. The van der Waals surface area contributed by atoms with Gasteiger partial charge in [0.25, 0.3) is 5.91 Å². The van der Waals surface area contributed by atoms with Gasteiger partial charge >= 0.3 is 6.03 Å². The van der Waals surface area contributed by atoms with Crippen molar-refractivity contribution in [3.05, 3.63) is 70.4 Å². The van der Waals surface area contributed by atoms with Crippen LogP contribution in [0.4, 0.5) is 4.79 Å². The molecule has 1 N–H and O–H groups in total. The van der Waals surface area contributed by atoms with Crippen molar-refractivity contribution < 1.29 is 14.3 Å². The maximum absolute atomic E-state index is 12.0. The first-order valence-electron chi connectivity index (χ1n) is 7.89. The number of imide groups is 1. The van der Waals surface area contributed by atoms with Gasteiger partial charge in [0.05, 0.1) is 0 Å². The van der Waals surface area contributed by atoms with E-state index in [0.29, 0.717) is 23.9 Å². The first-order chi connectivity index (χ1) is 12.1. The van der Waals surface area contributed by atoms with Crippen molar-refractivity contribution in [3.63, 3.8) is 0 Å². The van der Waals surface area contributed by atoms with Gasteiger partial charge in [-0.25, -0.2) is 4.79 Å².